The Hall–Kier alpha value is -2.83. The van der Waals surface area contributed by atoms with Crippen LogP contribution >= 0.6 is 0 Å². The third-order valence-electron chi connectivity index (χ3n) is 3.52. The number of para-hydroxylation sites is 2. The summed E-state index contributed by atoms with van der Waals surface area (Å²) in [7, 11) is 1.55. The lowest BCUT2D eigenvalue weighted by Crippen LogP contribution is -2.27. The third kappa shape index (κ3) is 2.90. The zero-order chi connectivity index (χ0) is 16.4. The summed E-state index contributed by atoms with van der Waals surface area (Å²) in [5.74, 6) is -0.133. The lowest BCUT2D eigenvalue weighted by molar-refractivity contribution is 0.0646. The standard InChI is InChI=1S/C16H14F2N4O/c1-21(15(23)11-6-8-19-9-7-11)10-14-20-12-4-2-3-5-13(12)22(14)16(17)18/h2-9,16H,10H2,1H3. The number of carbonyl (C=O) groups excluding carboxylic acids is 1. The second-order valence-electron chi connectivity index (χ2n) is 5.06. The van der Waals surface area contributed by atoms with Gasteiger partial charge in [0.1, 0.15) is 5.82 Å². The fraction of sp³-hybridized carbons (Fsp3) is 0.188. The molecule has 3 aromatic rings. The molecule has 0 unspecified atom stereocenters. The molecule has 2 heterocycles. The van der Waals surface area contributed by atoms with Crippen molar-refractivity contribution >= 4 is 16.9 Å². The summed E-state index contributed by atoms with van der Waals surface area (Å²) in [6, 6.07) is 9.83. The summed E-state index contributed by atoms with van der Waals surface area (Å²) in [4.78, 5) is 21.8. The fourth-order valence-corrected chi connectivity index (χ4v) is 2.42. The van der Waals surface area contributed by atoms with Gasteiger partial charge in [-0.25, -0.2) is 4.98 Å². The molecule has 0 aliphatic rings. The normalized spacial score (nSPS) is 11.1. The largest absolute Gasteiger partial charge is 0.334 e. The molecular formula is C16H14F2N4O. The molecule has 0 N–H and O–H groups in total. The van der Waals surface area contributed by atoms with E-state index in [1.54, 1.807) is 43.4 Å². The number of carbonyl (C=O) groups is 1. The number of nitrogens with zero attached hydrogens (tertiary/aromatic N) is 4. The Labute approximate surface area is 131 Å². The molecule has 0 radical (unpaired) electrons. The van der Waals surface area contributed by atoms with Crippen LogP contribution in [-0.2, 0) is 6.54 Å². The second-order valence-corrected chi connectivity index (χ2v) is 5.06. The van der Waals surface area contributed by atoms with E-state index in [0.29, 0.717) is 16.6 Å². The molecule has 0 aliphatic carbocycles. The molecule has 0 fully saturated rings. The predicted molar refractivity (Wildman–Crippen MR) is 81.0 cm³/mol. The van der Waals surface area contributed by atoms with E-state index >= 15 is 0 Å². The van der Waals surface area contributed by atoms with Gasteiger partial charge in [0.25, 0.3) is 5.91 Å². The summed E-state index contributed by atoms with van der Waals surface area (Å²) in [5.41, 5.74) is 1.28. The van der Waals surface area contributed by atoms with Gasteiger partial charge in [-0.1, -0.05) is 12.1 Å². The average molecular weight is 316 g/mol. The van der Waals surface area contributed by atoms with Gasteiger partial charge in [0, 0.05) is 25.0 Å². The lowest BCUT2D eigenvalue weighted by atomic mass is 10.2. The van der Waals surface area contributed by atoms with E-state index in [9.17, 15) is 13.6 Å². The molecule has 5 nitrogen and oxygen atoms in total. The Morgan fingerprint density at radius 2 is 1.91 bits per heavy atom. The zero-order valence-corrected chi connectivity index (χ0v) is 12.4. The van der Waals surface area contributed by atoms with E-state index in [1.165, 1.54) is 17.3 Å². The van der Waals surface area contributed by atoms with E-state index < -0.39 is 6.55 Å². The van der Waals surface area contributed by atoms with Crippen molar-refractivity contribution in [2.75, 3.05) is 7.05 Å². The maximum Gasteiger partial charge on any atom is 0.320 e. The van der Waals surface area contributed by atoms with Crippen LogP contribution in [0.5, 0.6) is 0 Å². The molecule has 3 rings (SSSR count). The van der Waals surface area contributed by atoms with E-state index in [-0.39, 0.29) is 18.3 Å². The van der Waals surface area contributed by atoms with E-state index in [4.69, 9.17) is 0 Å². The van der Waals surface area contributed by atoms with Gasteiger partial charge in [0.15, 0.2) is 0 Å². The van der Waals surface area contributed by atoms with Crippen molar-refractivity contribution in [3.05, 3.63) is 60.2 Å². The number of hydrogen-bond donors (Lipinski definition) is 0. The van der Waals surface area contributed by atoms with Gasteiger partial charge in [-0.05, 0) is 24.3 Å². The van der Waals surface area contributed by atoms with Gasteiger partial charge in [-0.15, -0.1) is 0 Å². The summed E-state index contributed by atoms with van der Waals surface area (Å²) < 4.78 is 27.6. The SMILES string of the molecule is CN(Cc1nc2ccccc2n1C(F)F)C(=O)c1ccncc1. The van der Waals surface area contributed by atoms with E-state index in [1.807, 2.05) is 0 Å². The molecule has 0 atom stereocenters. The minimum atomic E-state index is -2.72. The third-order valence-corrected chi connectivity index (χ3v) is 3.52. The lowest BCUT2D eigenvalue weighted by Gasteiger charge is -2.17. The average Bonchev–Trinajstić information content (AvgIpc) is 2.92. The number of amides is 1. The molecule has 7 heteroatoms. The molecule has 118 valence electrons. The van der Waals surface area contributed by atoms with Gasteiger partial charge in [-0.3, -0.25) is 14.3 Å². The quantitative estimate of drug-likeness (QED) is 0.743. The minimum Gasteiger partial charge on any atom is -0.334 e. The number of imidazole rings is 1. The molecule has 0 saturated heterocycles. The first-order valence-corrected chi connectivity index (χ1v) is 6.97. The number of halogens is 2. The van der Waals surface area contributed by atoms with Gasteiger partial charge >= 0.3 is 6.55 Å². The van der Waals surface area contributed by atoms with Crippen molar-refractivity contribution in [1.29, 1.82) is 0 Å². The number of fused-ring (bicyclic) bond motifs is 1. The second kappa shape index (κ2) is 6.12. The molecule has 2 aromatic heterocycles. The van der Waals surface area contributed by atoms with Gasteiger partial charge in [0.2, 0.25) is 0 Å². The molecule has 0 saturated carbocycles. The number of benzene rings is 1. The van der Waals surface area contributed by atoms with Crippen molar-refractivity contribution in [2.24, 2.45) is 0 Å². The topological polar surface area (TPSA) is 51.0 Å². The van der Waals surface area contributed by atoms with Crippen LogP contribution in [0.3, 0.4) is 0 Å². The number of rotatable bonds is 4. The van der Waals surface area contributed by atoms with Crippen molar-refractivity contribution in [3.63, 3.8) is 0 Å². The molecule has 0 aliphatic heterocycles. The van der Waals surface area contributed by atoms with Crippen LogP contribution in [0.15, 0.2) is 48.8 Å². The number of aromatic nitrogens is 3. The first-order valence-electron chi connectivity index (χ1n) is 6.97. The van der Waals surface area contributed by atoms with Crippen molar-refractivity contribution in [3.8, 4) is 0 Å². The summed E-state index contributed by atoms with van der Waals surface area (Å²) in [6.45, 7) is -2.73. The van der Waals surface area contributed by atoms with Crippen LogP contribution in [0.2, 0.25) is 0 Å². The van der Waals surface area contributed by atoms with Crippen LogP contribution in [0.25, 0.3) is 11.0 Å². The fourth-order valence-electron chi connectivity index (χ4n) is 2.42. The van der Waals surface area contributed by atoms with Crippen LogP contribution in [0.4, 0.5) is 8.78 Å². The first kappa shape index (κ1) is 15.1. The van der Waals surface area contributed by atoms with Crippen LogP contribution in [0.1, 0.15) is 22.7 Å². The molecular weight excluding hydrogens is 302 g/mol. The highest BCUT2D eigenvalue weighted by Crippen LogP contribution is 2.24. The summed E-state index contributed by atoms with van der Waals surface area (Å²) >= 11 is 0. The van der Waals surface area contributed by atoms with Crippen molar-refractivity contribution in [1.82, 2.24) is 19.4 Å². The van der Waals surface area contributed by atoms with Crippen LogP contribution < -0.4 is 0 Å². The summed E-state index contributed by atoms with van der Waals surface area (Å²) in [5, 5.41) is 0. The van der Waals surface area contributed by atoms with E-state index in [2.05, 4.69) is 9.97 Å². The highest BCUT2D eigenvalue weighted by atomic mass is 19.3. The van der Waals surface area contributed by atoms with Gasteiger partial charge in [-0.2, -0.15) is 8.78 Å². The maximum absolute atomic E-state index is 13.4. The Balaban J connectivity index is 1.92. The molecule has 0 bridgehead atoms. The van der Waals surface area contributed by atoms with Gasteiger partial charge < -0.3 is 4.90 Å². The van der Waals surface area contributed by atoms with Crippen LogP contribution in [0, 0.1) is 0 Å². The maximum atomic E-state index is 13.4. The van der Waals surface area contributed by atoms with Crippen LogP contribution in [-0.4, -0.2) is 32.4 Å². The Morgan fingerprint density at radius 3 is 2.61 bits per heavy atom. The van der Waals surface area contributed by atoms with Crippen molar-refractivity contribution < 1.29 is 13.6 Å². The number of hydrogen-bond acceptors (Lipinski definition) is 3. The highest BCUT2D eigenvalue weighted by molar-refractivity contribution is 5.93. The molecule has 1 amide bonds. The smallest absolute Gasteiger partial charge is 0.320 e. The number of pyridine rings is 1. The molecule has 23 heavy (non-hydrogen) atoms. The highest BCUT2D eigenvalue weighted by Gasteiger charge is 2.20. The van der Waals surface area contributed by atoms with Gasteiger partial charge in [0.05, 0.1) is 17.6 Å². The molecule has 1 aromatic carbocycles. The first-order chi connectivity index (χ1) is 11.1. The Kier molecular flexibility index (Phi) is 4.01. The Morgan fingerprint density at radius 1 is 1.22 bits per heavy atom. The molecule has 0 spiro atoms. The monoisotopic (exact) mass is 316 g/mol. The minimum absolute atomic E-state index is 0.0137. The van der Waals surface area contributed by atoms with Crippen molar-refractivity contribution in [2.45, 2.75) is 13.1 Å². The predicted octanol–water partition coefficient (Wildman–Crippen LogP) is 3.10. The Bertz CT molecular complexity index is 832. The number of alkyl halides is 2. The summed E-state index contributed by atoms with van der Waals surface area (Å²) in [6.07, 6.45) is 3.02. The van der Waals surface area contributed by atoms with E-state index in [0.717, 1.165) is 4.57 Å². The zero-order valence-electron chi connectivity index (χ0n) is 12.4.